The summed E-state index contributed by atoms with van der Waals surface area (Å²) in [6.07, 6.45) is 5.30. The molecule has 6 heteroatoms. The Labute approximate surface area is 118 Å². The molecule has 1 aromatic heterocycles. The molecule has 106 valence electrons. The summed E-state index contributed by atoms with van der Waals surface area (Å²) in [5.74, 6) is 0. The van der Waals surface area contributed by atoms with Gasteiger partial charge in [0.05, 0.1) is 18.0 Å². The summed E-state index contributed by atoms with van der Waals surface area (Å²) >= 11 is 0. The highest BCUT2D eigenvalue weighted by atomic mass is 32.2. The summed E-state index contributed by atoms with van der Waals surface area (Å²) in [5, 5.41) is 4.09. The Hall–Kier alpha value is -1.66. The molecule has 1 N–H and O–H groups in total. The molecule has 1 aliphatic carbocycles. The van der Waals surface area contributed by atoms with Gasteiger partial charge in [-0.3, -0.25) is 4.68 Å². The van der Waals surface area contributed by atoms with E-state index in [9.17, 15) is 8.42 Å². The molecule has 5 nitrogen and oxygen atoms in total. The van der Waals surface area contributed by atoms with Gasteiger partial charge in [-0.2, -0.15) is 5.10 Å². The molecule has 0 atom stereocenters. The SMILES string of the molecule is O=S(=O)(NCCn1cc(-c2ccccc2)cn1)C1CC1. The monoisotopic (exact) mass is 291 g/mol. The zero-order valence-corrected chi connectivity index (χ0v) is 11.9. The van der Waals surface area contributed by atoms with Gasteiger partial charge in [0.15, 0.2) is 0 Å². The Morgan fingerprint density at radius 2 is 1.95 bits per heavy atom. The first-order chi connectivity index (χ1) is 9.65. The molecule has 20 heavy (non-hydrogen) atoms. The van der Waals surface area contributed by atoms with Gasteiger partial charge in [-0.05, 0) is 18.4 Å². The molecule has 1 saturated carbocycles. The number of hydrogen-bond acceptors (Lipinski definition) is 3. The molecule has 3 rings (SSSR count). The Kier molecular flexibility index (Phi) is 3.58. The van der Waals surface area contributed by atoms with Crippen LogP contribution in [-0.4, -0.2) is 30.0 Å². The van der Waals surface area contributed by atoms with Crippen molar-refractivity contribution in [1.82, 2.24) is 14.5 Å². The number of aromatic nitrogens is 2. The maximum absolute atomic E-state index is 11.7. The molecule has 1 heterocycles. The normalized spacial score (nSPS) is 15.4. The molecule has 1 aliphatic rings. The molecule has 0 aliphatic heterocycles. The van der Waals surface area contributed by atoms with Gasteiger partial charge in [0.25, 0.3) is 0 Å². The van der Waals surface area contributed by atoms with Crippen molar-refractivity contribution >= 4 is 10.0 Å². The molecule has 1 aromatic carbocycles. The lowest BCUT2D eigenvalue weighted by atomic mass is 10.1. The van der Waals surface area contributed by atoms with Gasteiger partial charge in [0.2, 0.25) is 10.0 Å². The third-order valence-corrected chi connectivity index (χ3v) is 5.30. The summed E-state index contributed by atoms with van der Waals surface area (Å²) in [7, 11) is -3.09. The second-order valence-electron chi connectivity index (χ2n) is 5.00. The van der Waals surface area contributed by atoms with Gasteiger partial charge >= 0.3 is 0 Å². The number of nitrogens with one attached hydrogen (secondary N) is 1. The lowest BCUT2D eigenvalue weighted by molar-refractivity contribution is 0.560. The van der Waals surface area contributed by atoms with Crippen LogP contribution < -0.4 is 4.72 Å². The predicted octanol–water partition coefficient (Wildman–Crippen LogP) is 1.63. The van der Waals surface area contributed by atoms with Gasteiger partial charge in [-0.25, -0.2) is 13.1 Å². The van der Waals surface area contributed by atoms with Crippen LogP contribution in [0.25, 0.3) is 11.1 Å². The number of sulfonamides is 1. The van der Waals surface area contributed by atoms with Crippen LogP contribution in [-0.2, 0) is 16.6 Å². The van der Waals surface area contributed by atoms with Crippen LogP contribution in [0.4, 0.5) is 0 Å². The smallest absolute Gasteiger partial charge is 0.214 e. The lowest BCUT2D eigenvalue weighted by Crippen LogP contribution is -2.30. The van der Waals surface area contributed by atoms with Crippen LogP contribution in [0, 0.1) is 0 Å². The van der Waals surface area contributed by atoms with E-state index in [0.717, 1.165) is 24.0 Å². The third-order valence-electron chi connectivity index (χ3n) is 3.35. The van der Waals surface area contributed by atoms with Crippen molar-refractivity contribution in [2.45, 2.75) is 24.6 Å². The maximum atomic E-state index is 11.7. The zero-order chi connectivity index (χ0) is 14.0. The van der Waals surface area contributed by atoms with E-state index in [1.807, 2.05) is 36.5 Å². The highest BCUT2D eigenvalue weighted by Crippen LogP contribution is 2.27. The van der Waals surface area contributed by atoms with E-state index < -0.39 is 10.0 Å². The molecule has 0 spiro atoms. The highest BCUT2D eigenvalue weighted by Gasteiger charge is 2.35. The third kappa shape index (κ3) is 3.08. The minimum absolute atomic E-state index is 0.167. The van der Waals surface area contributed by atoms with Crippen molar-refractivity contribution < 1.29 is 8.42 Å². The molecule has 0 saturated heterocycles. The zero-order valence-electron chi connectivity index (χ0n) is 11.1. The van der Waals surface area contributed by atoms with Gasteiger partial charge in [0.1, 0.15) is 0 Å². The van der Waals surface area contributed by atoms with Crippen LogP contribution in [0.3, 0.4) is 0 Å². The fourth-order valence-electron chi connectivity index (χ4n) is 2.06. The van der Waals surface area contributed by atoms with Crippen molar-refractivity contribution in [2.24, 2.45) is 0 Å². The number of hydrogen-bond donors (Lipinski definition) is 1. The van der Waals surface area contributed by atoms with Gasteiger partial charge in [0, 0.05) is 18.3 Å². The quantitative estimate of drug-likeness (QED) is 0.880. The van der Waals surface area contributed by atoms with Crippen molar-refractivity contribution in [3.05, 3.63) is 42.7 Å². The standard InChI is InChI=1S/C14H17N3O2S/c18-20(19,14-6-7-14)16-8-9-17-11-13(10-15-17)12-4-2-1-3-5-12/h1-5,10-11,14,16H,6-9H2. The van der Waals surface area contributed by atoms with Gasteiger partial charge in [-0.15, -0.1) is 0 Å². The minimum Gasteiger partial charge on any atom is -0.271 e. The summed E-state index contributed by atoms with van der Waals surface area (Å²) in [4.78, 5) is 0. The molecule has 1 fully saturated rings. The topological polar surface area (TPSA) is 64.0 Å². The molecular formula is C14H17N3O2S. The molecule has 0 radical (unpaired) electrons. The van der Waals surface area contributed by atoms with E-state index in [0.29, 0.717) is 13.1 Å². The van der Waals surface area contributed by atoms with Crippen LogP contribution in [0.2, 0.25) is 0 Å². The minimum atomic E-state index is -3.09. The summed E-state index contributed by atoms with van der Waals surface area (Å²) in [6.45, 7) is 0.924. The van der Waals surface area contributed by atoms with Crippen molar-refractivity contribution in [3.63, 3.8) is 0 Å². The average molecular weight is 291 g/mol. The van der Waals surface area contributed by atoms with Crippen LogP contribution in [0.1, 0.15) is 12.8 Å². The van der Waals surface area contributed by atoms with E-state index in [-0.39, 0.29) is 5.25 Å². The fourth-order valence-corrected chi connectivity index (χ4v) is 3.43. The Morgan fingerprint density at radius 3 is 2.65 bits per heavy atom. The van der Waals surface area contributed by atoms with Gasteiger partial charge < -0.3 is 0 Å². The Bertz CT molecular complexity index is 675. The van der Waals surface area contributed by atoms with Crippen molar-refractivity contribution in [1.29, 1.82) is 0 Å². The number of benzene rings is 1. The first kappa shape index (κ1) is 13.3. The predicted molar refractivity (Wildman–Crippen MR) is 77.6 cm³/mol. The Balaban J connectivity index is 1.58. The molecule has 2 aromatic rings. The largest absolute Gasteiger partial charge is 0.271 e. The first-order valence-electron chi connectivity index (χ1n) is 6.71. The van der Waals surface area contributed by atoms with Crippen molar-refractivity contribution in [3.8, 4) is 11.1 Å². The maximum Gasteiger partial charge on any atom is 0.214 e. The Morgan fingerprint density at radius 1 is 1.20 bits per heavy atom. The number of rotatable bonds is 6. The van der Waals surface area contributed by atoms with Gasteiger partial charge in [-0.1, -0.05) is 30.3 Å². The first-order valence-corrected chi connectivity index (χ1v) is 8.26. The van der Waals surface area contributed by atoms with E-state index in [4.69, 9.17) is 0 Å². The molecule has 0 unspecified atom stereocenters. The van der Waals surface area contributed by atoms with E-state index >= 15 is 0 Å². The summed E-state index contributed by atoms with van der Waals surface area (Å²) < 4.78 is 27.7. The summed E-state index contributed by atoms with van der Waals surface area (Å²) in [6, 6.07) is 9.99. The fraction of sp³-hybridized carbons (Fsp3) is 0.357. The average Bonchev–Trinajstić information content (AvgIpc) is 3.21. The molecule has 0 bridgehead atoms. The number of nitrogens with zero attached hydrogens (tertiary/aromatic N) is 2. The van der Waals surface area contributed by atoms with E-state index in [2.05, 4.69) is 9.82 Å². The second kappa shape index (κ2) is 5.38. The molecular weight excluding hydrogens is 274 g/mol. The molecule has 0 amide bonds. The van der Waals surface area contributed by atoms with E-state index in [1.54, 1.807) is 10.9 Å². The van der Waals surface area contributed by atoms with Crippen LogP contribution in [0.15, 0.2) is 42.7 Å². The van der Waals surface area contributed by atoms with Crippen LogP contribution in [0.5, 0.6) is 0 Å². The lowest BCUT2D eigenvalue weighted by Gasteiger charge is -2.05. The highest BCUT2D eigenvalue weighted by molar-refractivity contribution is 7.90. The second-order valence-corrected chi connectivity index (χ2v) is 7.04. The van der Waals surface area contributed by atoms with Crippen LogP contribution >= 0.6 is 0 Å². The summed E-state index contributed by atoms with van der Waals surface area (Å²) in [5.41, 5.74) is 2.15. The van der Waals surface area contributed by atoms with E-state index in [1.165, 1.54) is 0 Å². The van der Waals surface area contributed by atoms with Crippen molar-refractivity contribution in [2.75, 3.05) is 6.54 Å².